The Kier molecular flexibility index (Phi) is 3.85. The molecule has 0 aromatic heterocycles. The molecular weight excluding hydrogens is 192 g/mol. The van der Waals surface area contributed by atoms with Crippen LogP contribution in [0.25, 0.3) is 0 Å². The second-order valence-electron chi connectivity index (χ2n) is 4.32. The van der Waals surface area contributed by atoms with Gasteiger partial charge in [-0.05, 0) is 17.4 Å². The predicted octanol–water partition coefficient (Wildman–Crippen LogP) is 2.85. The molecule has 0 amide bonds. The maximum atomic E-state index is 9.21. The van der Waals surface area contributed by atoms with Crippen LogP contribution in [0.4, 0.5) is 0 Å². The van der Waals surface area contributed by atoms with Crippen molar-refractivity contribution in [3.8, 4) is 0 Å². The second-order valence-corrected chi connectivity index (χ2v) is 4.32. The number of aliphatic hydroxyl groups excluding tert-OH is 1. The smallest absolute Gasteiger partial charge is 0.214 e. The van der Waals surface area contributed by atoms with Crippen LogP contribution in [0.1, 0.15) is 44.6 Å². The lowest BCUT2D eigenvalue weighted by atomic mass is 9.82. The van der Waals surface area contributed by atoms with E-state index < -0.39 is 6.29 Å². The van der Waals surface area contributed by atoms with Gasteiger partial charge in [-0.2, -0.15) is 0 Å². The molecule has 0 aliphatic carbocycles. The molecule has 84 valence electrons. The molecule has 0 radical (unpaired) electrons. The maximum absolute atomic E-state index is 9.21. The van der Waals surface area contributed by atoms with Gasteiger partial charge in [0.25, 0.3) is 0 Å². The standard InChI is InChI=1S/C12H18O3/c1-4-12(2,3)10-7-5-9(6-8-10)11(13)15-14/h5-8,11,13-14H,4H2,1-3H3. The van der Waals surface area contributed by atoms with Gasteiger partial charge in [-0.25, -0.2) is 10.1 Å². The molecule has 1 aromatic carbocycles. The van der Waals surface area contributed by atoms with Crippen molar-refractivity contribution < 1.29 is 15.3 Å². The van der Waals surface area contributed by atoms with Gasteiger partial charge >= 0.3 is 0 Å². The van der Waals surface area contributed by atoms with Crippen molar-refractivity contribution in [2.75, 3.05) is 0 Å². The third kappa shape index (κ3) is 2.78. The second kappa shape index (κ2) is 4.75. The summed E-state index contributed by atoms with van der Waals surface area (Å²) in [5, 5.41) is 17.5. The van der Waals surface area contributed by atoms with Crippen molar-refractivity contribution in [2.45, 2.75) is 38.9 Å². The topological polar surface area (TPSA) is 49.7 Å². The van der Waals surface area contributed by atoms with Gasteiger partial charge < -0.3 is 5.11 Å². The van der Waals surface area contributed by atoms with E-state index in [0.29, 0.717) is 5.56 Å². The van der Waals surface area contributed by atoms with Gasteiger partial charge in [-0.1, -0.05) is 45.0 Å². The fraction of sp³-hybridized carbons (Fsp3) is 0.500. The van der Waals surface area contributed by atoms with Crippen LogP contribution in [0.2, 0.25) is 0 Å². The Morgan fingerprint density at radius 1 is 1.27 bits per heavy atom. The number of hydrogen-bond acceptors (Lipinski definition) is 3. The van der Waals surface area contributed by atoms with Gasteiger partial charge in [-0.15, -0.1) is 0 Å². The lowest BCUT2D eigenvalue weighted by molar-refractivity contribution is -0.339. The highest BCUT2D eigenvalue weighted by Gasteiger charge is 2.18. The van der Waals surface area contributed by atoms with Crippen LogP contribution in [0, 0.1) is 0 Å². The lowest BCUT2D eigenvalue weighted by Crippen LogP contribution is -2.15. The zero-order chi connectivity index (χ0) is 11.5. The number of hydrogen-bond donors (Lipinski definition) is 2. The third-order valence-electron chi connectivity index (χ3n) is 2.96. The van der Waals surface area contributed by atoms with Gasteiger partial charge in [0.1, 0.15) is 0 Å². The molecule has 1 unspecified atom stereocenters. The summed E-state index contributed by atoms with van der Waals surface area (Å²) in [4.78, 5) is 3.84. The molecule has 0 aliphatic heterocycles. The minimum absolute atomic E-state index is 0.129. The summed E-state index contributed by atoms with van der Waals surface area (Å²) in [6.07, 6.45) is -0.213. The van der Waals surface area contributed by atoms with Gasteiger partial charge in [0, 0.05) is 5.56 Å². The van der Waals surface area contributed by atoms with Crippen molar-refractivity contribution in [1.29, 1.82) is 0 Å². The molecule has 0 heterocycles. The zero-order valence-electron chi connectivity index (χ0n) is 9.40. The van der Waals surface area contributed by atoms with Crippen molar-refractivity contribution in [3.63, 3.8) is 0 Å². The molecule has 3 nitrogen and oxygen atoms in total. The predicted molar refractivity (Wildman–Crippen MR) is 58.4 cm³/mol. The van der Waals surface area contributed by atoms with Crippen molar-refractivity contribution in [1.82, 2.24) is 0 Å². The summed E-state index contributed by atoms with van der Waals surface area (Å²) in [5.74, 6) is 0. The first-order valence-electron chi connectivity index (χ1n) is 5.10. The Morgan fingerprint density at radius 2 is 1.80 bits per heavy atom. The Balaban J connectivity index is 2.90. The fourth-order valence-corrected chi connectivity index (χ4v) is 1.36. The molecule has 0 bridgehead atoms. The fourth-order valence-electron chi connectivity index (χ4n) is 1.36. The van der Waals surface area contributed by atoms with Crippen molar-refractivity contribution >= 4 is 0 Å². The average Bonchev–Trinajstić information content (AvgIpc) is 2.28. The van der Waals surface area contributed by atoms with Crippen LogP contribution in [-0.2, 0) is 10.3 Å². The van der Waals surface area contributed by atoms with E-state index >= 15 is 0 Å². The zero-order valence-corrected chi connectivity index (χ0v) is 9.40. The Bertz CT molecular complexity index is 303. The normalized spacial score (nSPS) is 13.9. The van der Waals surface area contributed by atoms with Crippen LogP contribution >= 0.6 is 0 Å². The first-order valence-corrected chi connectivity index (χ1v) is 5.10. The van der Waals surface area contributed by atoms with Gasteiger partial charge in [0.15, 0.2) is 0 Å². The van der Waals surface area contributed by atoms with E-state index in [9.17, 15) is 5.11 Å². The number of rotatable bonds is 4. The Morgan fingerprint density at radius 3 is 2.20 bits per heavy atom. The molecule has 0 spiro atoms. The van der Waals surface area contributed by atoms with Crippen LogP contribution in [0.15, 0.2) is 24.3 Å². The Labute approximate surface area is 90.3 Å². The quantitative estimate of drug-likeness (QED) is 0.456. The van der Waals surface area contributed by atoms with E-state index in [0.717, 1.165) is 6.42 Å². The molecule has 1 atom stereocenters. The number of aliphatic hydroxyl groups is 1. The van der Waals surface area contributed by atoms with E-state index in [-0.39, 0.29) is 5.41 Å². The lowest BCUT2D eigenvalue weighted by Gasteiger charge is -2.23. The van der Waals surface area contributed by atoms with Crippen molar-refractivity contribution in [3.05, 3.63) is 35.4 Å². The van der Waals surface area contributed by atoms with Crippen LogP contribution in [-0.4, -0.2) is 10.4 Å². The minimum atomic E-state index is -1.26. The molecule has 1 aromatic rings. The summed E-state index contributed by atoms with van der Waals surface area (Å²) < 4.78 is 0. The monoisotopic (exact) mass is 210 g/mol. The van der Waals surface area contributed by atoms with Crippen LogP contribution in [0.3, 0.4) is 0 Å². The molecule has 0 aliphatic rings. The average molecular weight is 210 g/mol. The summed E-state index contributed by atoms with van der Waals surface area (Å²) in [6.45, 7) is 6.47. The highest BCUT2D eigenvalue weighted by atomic mass is 17.1. The number of benzene rings is 1. The Hall–Kier alpha value is -0.900. The van der Waals surface area contributed by atoms with Gasteiger partial charge in [-0.3, -0.25) is 0 Å². The largest absolute Gasteiger partial charge is 0.362 e. The van der Waals surface area contributed by atoms with E-state index in [1.807, 2.05) is 12.1 Å². The molecule has 3 heteroatoms. The summed E-state index contributed by atoms with van der Waals surface area (Å²) >= 11 is 0. The molecule has 1 rings (SSSR count). The first kappa shape index (κ1) is 12.2. The summed E-state index contributed by atoms with van der Waals surface area (Å²) in [7, 11) is 0. The highest BCUT2D eigenvalue weighted by Crippen LogP contribution is 2.27. The molecule has 0 fully saturated rings. The SMILES string of the molecule is CCC(C)(C)c1ccc(C(O)OO)cc1. The van der Waals surface area contributed by atoms with E-state index in [1.165, 1.54) is 5.56 Å². The summed E-state index contributed by atoms with van der Waals surface area (Å²) in [6, 6.07) is 7.41. The molecule has 15 heavy (non-hydrogen) atoms. The van der Waals surface area contributed by atoms with Crippen LogP contribution < -0.4 is 0 Å². The van der Waals surface area contributed by atoms with E-state index in [2.05, 4.69) is 25.7 Å². The molecular formula is C12H18O3. The summed E-state index contributed by atoms with van der Waals surface area (Å²) in [5.41, 5.74) is 1.89. The third-order valence-corrected chi connectivity index (χ3v) is 2.96. The maximum Gasteiger partial charge on any atom is 0.214 e. The van der Waals surface area contributed by atoms with Gasteiger partial charge in [0.2, 0.25) is 6.29 Å². The van der Waals surface area contributed by atoms with Gasteiger partial charge in [0.05, 0.1) is 0 Å². The molecule has 0 saturated heterocycles. The highest BCUT2D eigenvalue weighted by molar-refractivity contribution is 5.28. The van der Waals surface area contributed by atoms with Crippen LogP contribution in [0.5, 0.6) is 0 Å². The minimum Gasteiger partial charge on any atom is -0.362 e. The van der Waals surface area contributed by atoms with E-state index in [4.69, 9.17) is 5.26 Å². The molecule has 0 saturated carbocycles. The molecule has 2 N–H and O–H groups in total. The first-order chi connectivity index (χ1) is 7.01. The van der Waals surface area contributed by atoms with E-state index in [1.54, 1.807) is 12.1 Å². The van der Waals surface area contributed by atoms with Crippen molar-refractivity contribution in [2.24, 2.45) is 0 Å².